The highest BCUT2D eigenvalue weighted by molar-refractivity contribution is 6.30. The van der Waals surface area contributed by atoms with E-state index in [0.29, 0.717) is 0 Å². The Hall–Kier alpha value is -1.51. The molecule has 20 heavy (non-hydrogen) atoms. The van der Waals surface area contributed by atoms with Crippen LogP contribution >= 0.6 is 11.6 Å². The van der Waals surface area contributed by atoms with Crippen molar-refractivity contribution in [3.63, 3.8) is 0 Å². The van der Waals surface area contributed by atoms with E-state index in [1.54, 1.807) is 0 Å². The SMILES string of the molecule is CCCNCc1ccc(Cl)cc1N(C)c1ccccc1. The summed E-state index contributed by atoms with van der Waals surface area (Å²) in [6.45, 7) is 4.06. The minimum atomic E-state index is 0.766. The van der Waals surface area contributed by atoms with Crippen molar-refractivity contribution in [2.24, 2.45) is 0 Å². The first-order chi connectivity index (χ1) is 9.72. The van der Waals surface area contributed by atoms with Gasteiger partial charge in [0.25, 0.3) is 0 Å². The second-order valence-electron chi connectivity index (χ2n) is 4.84. The molecule has 0 aliphatic heterocycles. The van der Waals surface area contributed by atoms with E-state index >= 15 is 0 Å². The van der Waals surface area contributed by atoms with Crippen molar-refractivity contribution in [3.8, 4) is 0 Å². The van der Waals surface area contributed by atoms with Crippen molar-refractivity contribution in [2.45, 2.75) is 19.9 Å². The molecule has 1 N–H and O–H groups in total. The van der Waals surface area contributed by atoms with Crippen molar-refractivity contribution in [1.29, 1.82) is 0 Å². The number of anilines is 2. The number of nitrogens with one attached hydrogen (secondary N) is 1. The van der Waals surface area contributed by atoms with Crippen LogP contribution in [0.3, 0.4) is 0 Å². The van der Waals surface area contributed by atoms with Crippen molar-refractivity contribution in [2.75, 3.05) is 18.5 Å². The maximum absolute atomic E-state index is 6.16. The molecule has 0 aliphatic rings. The second kappa shape index (κ2) is 7.32. The van der Waals surface area contributed by atoms with Crippen LogP contribution in [0.15, 0.2) is 48.5 Å². The van der Waals surface area contributed by atoms with Crippen LogP contribution in [-0.2, 0) is 6.54 Å². The average Bonchev–Trinajstić information content (AvgIpc) is 2.49. The van der Waals surface area contributed by atoms with E-state index in [-0.39, 0.29) is 0 Å². The molecule has 106 valence electrons. The van der Waals surface area contributed by atoms with Crippen LogP contribution in [0.4, 0.5) is 11.4 Å². The molecule has 0 fully saturated rings. The highest BCUT2D eigenvalue weighted by Crippen LogP contribution is 2.29. The van der Waals surface area contributed by atoms with Gasteiger partial charge in [-0.25, -0.2) is 0 Å². The Kier molecular flexibility index (Phi) is 5.45. The second-order valence-corrected chi connectivity index (χ2v) is 5.28. The molecule has 0 saturated carbocycles. The van der Waals surface area contributed by atoms with Gasteiger partial charge in [0.05, 0.1) is 0 Å². The van der Waals surface area contributed by atoms with Crippen LogP contribution in [0.25, 0.3) is 0 Å². The van der Waals surface area contributed by atoms with E-state index in [9.17, 15) is 0 Å². The van der Waals surface area contributed by atoms with Gasteiger partial charge in [-0.1, -0.05) is 42.8 Å². The van der Waals surface area contributed by atoms with Gasteiger partial charge in [0, 0.05) is 30.0 Å². The number of nitrogens with zero attached hydrogens (tertiary/aromatic N) is 1. The first kappa shape index (κ1) is 14.9. The number of para-hydroxylation sites is 1. The molecule has 2 rings (SSSR count). The fourth-order valence-electron chi connectivity index (χ4n) is 2.19. The van der Waals surface area contributed by atoms with Gasteiger partial charge in [-0.2, -0.15) is 0 Å². The van der Waals surface area contributed by atoms with E-state index in [2.05, 4.69) is 42.4 Å². The van der Waals surface area contributed by atoms with Gasteiger partial charge in [0.1, 0.15) is 0 Å². The molecule has 0 amide bonds. The summed E-state index contributed by atoms with van der Waals surface area (Å²) in [7, 11) is 2.07. The van der Waals surface area contributed by atoms with Gasteiger partial charge in [-0.3, -0.25) is 0 Å². The van der Waals surface area contributed by atoms with E-state index in [1.165, 1.54) is 5.56 Å². The van der Waals surface area contributed by atoms with Crippen molar-refractivity contribution in [1.82, 2.24) is 5.32 Å². The van der Waals surface area contributed by atoms with E-state index in [1.807, 2.05) is 30.3 Å². The van der Waals surface area contributed by atoms with E-state index in [4.69, 9.17) is 11.6 Å². The van der Waals surface area contributed by atoms with Crippen molar-refractivity contribution < 1.29 is 0 Å². The fourth-order valence-corrected chi connectivity index (χ4v) is 2.36. The predicted molar refractivity (Wildman–Crippen MR) is 88.0 cm³/mol. The zero-order valence-electron chi connectivity index (χ0n) is 12.1. The molecule has 2 aromatic rings. The number of rotatable bonds is 6. The van der Waals surface area contributed by atoms with Crippen LogP contribution in [0.2, 0.25) is 5.02 Å². The van der Waals surface area contributed by atoms with E-state index in [0.717, 1.165) is 35.9 Å². The van der Waals surface area contributed by atoms with Crippen LogP contribution < -0.4 is 10.2 Å². The highest BCUT2D eigenvalue weighted by atomic mass is 35.5. The molecule has 0 aromatic heterocycles. The van der Waals surface area contributed by atoms with Crippen molar-refractivity contribution in [3.05, 3.63) is 59.1 Å². The normalized spacial score (nSPS) is 10.6. The molecule has 3 heteroatoms. The third-order valence-corrected chi connectivity index (χ3v) is 3.53. The van der Waals surface area contributed by atoms with Gasteiger partial charge >= 0.3 is 0 Å². The van der Waals surface area contributed by atoms with Crippen LogP contribution in [0.1, 0.15) is 18.9 Å². The van der Waals surface area contributed by atoms with Crippen molar-refractivity contribution >= 4 is 23.0 Å². The van der Waals surface area contributed by atoms with Crippen LogP contribution in [0, 0.1) is 0 Å². The Bertz CT molecular complexity index is 540. The van der Waals surface area contributed by atoms with Gasteiger partial charge < -0.3 is 10.2 Å². The highest BCUT2D eigenvalue weighted by Gasteiger charge is 2.09. The Labute approximate surface area is 126 Å². The van der Waals surface area contributed by atoms with Crippen LogP contribution in [-0.4, -0.2) is 13.6 Å². The third kappa shape index (κ3) is 3.75. The maximum atomic E-state index is 6.16. The molecule has 0 radical (unpaired) electrons. The molecule has 0 spiro atoms. The summed E-state index contributed by atoms with van der Waals surface area (Å²) < 4.78 is 0. The first-order valence-corrected chi connectivity index (χ1v) is 7.38. The lowest BCUT2D eigenvalue weighted by atomic mass is 10.1. The quantitative estimate of drug-likeness (QED) is 0.781. The Morgan fingerprint density at radius 2 is 1.85 bits per heavy atom. The Balaban J connectivity index is 2.26. The number of halogens is 1. The molecular formula is C17H21ClN2. The lowest BCUT2D eigenvalue weighted by Gasteiger charge is -2.23. The molecular weight excluding hydrogens is 268 g/mol. The lowest BCUT2D eigenvalue weighted by Crippen LogP contribution is -2.18. The third-order valence-electron chi connectivity index (χ3n) is 3.29. The zero-order chi connectivity index (χ0) is 14.4. The summed E-state index contributed by atoms with van der Waals surface area (Å²) in [4.78, 5) is 2.18. The Morgan fingerprint density at radius 1 is 1.10 bits per heavy atom. The molecule has 0 saturated heterocycles. The maximum Gasteiger partial charge on any atom is 0.0468 e. The number of hydrogen-bond acceptors (Lipinski definition) is 2. The van der Waals surface area contributed by atoms with Gasteiger partial charge in [0.2, 0.25) is 0 Å². The summed E-state index contributed by atoms with van der Waals surface area (Å²) in [5.41, 5.74) is 3.56. The smallest absolute Gasteiger partial charge is 0.0468 e. The summed E-state index contributed by atoms with van der Waals surface area (Å²) >= 11 is 6.16. The largest absolute Gasteiger partial charge is 0.344 e. The number of hydrogen-bond donors (Lipinski definition) is 1. The predicted octanol–water partition coefficient (Wildman–Crippen LogP) is 4.61. The molecule has 0 aliphatic carbocycles. The standard InChI is InChI=1S/C17H21ClN2/c1-3-11-19-13-14-9-10-15(18)12-17(14)20(2)16-7-5-4-6-8-16/h4-10,12,19H,3,11,13H2,1-2H3. The molecule has 0 bridgehead atoms. The molecule has 0 heterocycles. The Morgan fingerprint density at radius 3 is 2.55 bits per heavy atom. The summed E-state index contributed by atoms with van der Waals surface area (Å²) in [6.07, 6.45) is 1.14. The monoisotopic (exact) mass is 288 g/mol. The first-order valence-electron chi connectivity index (χ1n) is 7.00. The van der Waals surface area contributed by atoms with Gasteiger partial charge in [0.15, 0.2) is 0 Å². The minimum absolute atomic E-state index is 0.766. The van der Waals surface area contributed by atoms with E-state index < -0.39 is 0 Å². The summed E-state index contributed by atoms with van der Waals surface area (Å²) in [6, 6.07) is 16.4. The molecule has 2 aromatic carbocycles. The topological polar surface area (TPSA) is 15.3 Å². The summed E-state index contributed by atoms with van der Waals surface area (Å²) in [5, 5.41) is 4.21. The van der Waals surface area contributed by atoms with Crippen LogP contribution in [0.5, 0.6) is 0 Å². The number of benzene rings is 2. The van der Waals surface area contributed by atoms with Gasteiger partial charge in [-0.05, 0) is 42.8 Å². The minimum Gasteiger partial charge on any atom is -0.344 e. The molecule has 0 atom stereocenters. The lowest BCUT2D eigenvalue weighted by molar-refractivity contribution is 0.675. The zero-order valence-corrected chi connectivity index (χ0v) is 12.8. The molecule has 0 unspecified atom stereocenters. The van der Waals surface area contributed by atoms with Gasteiger partial charge in [-0.15, -0.1) is 0 Å². The fraction of sp³-hybridized carbons (Fsp3) is 0.294. The summed E-state index contributed by atoms with van der Waals surface area (Å²) in [5.74, 6) is 0. The molecule has 2 nitrogen and oxygen atoms in total. The average molecular weight is 289 g/mol.